The Balaban J connectivity index is 2.64. The molecule has 0 aliphatic rings. The van der Waals surface area contributed by atoms with Gasteiger partial charge in [0, 0.05) is 6.04 Å². The lowest BCUT2D eigenvalue weighted by Crippen LogP contribution is -2.12. The smallest absolute Gasteiger partial charge is 0.123 e. The summed E-state index contributed by atoms with van der Waals surface area (Å²) in [5.74, 6) is -0.218. The van der Waals surface area contributed by atoms with E-state index in [9.17, 15) is 4.39 Å². The molecule has 0 saturated carbocycles. The summed E-state index contributed by atoms with van der Waals surface area (Å²) < 4.78 is 13.0. The second-order valence-electron chi connectivity index (χ2n) is 3.89. The van der Waals surface area contributed by atoms with Gasteiger partial charge in [-0.1, -0.05) is 12.5 Å². The third-order valence-corrected chi connectivity index (χ3v) is 2.61. The van der Waals surface area contributed by atoms with Crippen molar-refractivity contribution >= 4 is 0 Å². The summed E-state index contributed by atoms with van der Waals surface area (Å²) in [5, 5.41) is 0. The van der Waals surface area contributed by atoms with Crippen LogP contribution in [0.3, 0.4) is 0 Å². The monoisotopic (exact) mass is 210 g/mol. The molecule has 84 valence electrons. The van der Waals surface area contributed by atoms with Gasteiger partial charge < -0.3 is 11.5 Å². The first kappa shape index (κ1) is 12.1. The Morgan fingerprint density at radius 1 is 1.33 bits per heavy atom. The highest BCUT2D eigenvalue weighted by atomic mass is 19.1. The van der Waals surface area contributed by atoms with E-state index in [4.69, 9.17) is 11.5 Å². The molecule has 2 nitrogen and oxygen atoms in total. The van der Waals surface area contributed by atoms with Crippen LogP contribution in [0, 0.1) is 12.7 Å². The zero-order chi connectivity index (χ0) is 11.3. The molecule has 0 bridgehead atoms. The predicted octanol–water partition coefficient (Wildman–Crippen LogP) is 2.26. The molecule has 15 heavy (non-hydrogen) atoms. The third kappa shape index (κ3) is 3.61. The molecule has 0 radical (unpaired) electrons. The largest absolute Gasteiger partial charge is 0.330 e. The normalized spacial score (nSPS) is 12.8. The molecular weight excluding hydrogens is 191 g/mol. The molecule has 1 aromatic carbocycles. The van der Waals surface area contributed by atoms with Crippen LogP contribution in [0.2, 0.25) is 0 Å². The molecule has 0 aliphatic heterocycles. The lowest BCUT2D eigenvalue weighted by Gasteiger charge is -2.14. The first-order chi connectivity index (χ1) is 7.15. The second kappa shape index (κ2) is 5.83. The maximum absolute atomic E-state index is 13.0. The van der Waals surface area contributed by atoms with Crippen molar-refractivity contribution < 1.29 is 4.39 Å². The summed E-state index contributed by atoms with van der Waals surface area (Å²) in [6.45, 7) is 2.65. The van der Waals surface area contributed by atoms with Crippen molar-refractivity contribution in [2.75, 3.05) is 6.54 Å². The Morgan fingerprint density at radius 3 is 2.73 bits per heavy atom. The van der Waals surface area contributed by atoms with Crippen LogP contribution < -0.4 is 11.5 Å². The topological polar surface area (TPSA) is 52.0 Å². The van der Waals surface area contributed by atoms with Gasteiger partial charge in [-0.25, -0.2) is 4.39 Å². The fraction of sp³-hybridized carbons (Fsp3) is 0.500. The van der Waals surface area contributed by atoms with Gasteiger partial charge in [0.2, 0.25) is 0 Å². The molecule has 0 amide bonds. The third-order valence-electron chi connectivity index (χ3n) is 2.61. The molecule has 0 heterocycles. The van der Waals surface area contributed by atoms with Crippen LogP contribution in [0.25, 0.3) is 0 Å². The number of unbranched alkanes of at least 4 members (excludes halogenated alkanes) is 1. The van der Waals surface area contributed by atoms with Gasteiger partial charge in [0.1, 0.15) is 5.82 Å². The van der Waals surface area contributed by atoms with Crippen LogP contribution in [0.1, 0.15) is 36.4 Å². The van der Waals surface area contributed by atoms with Crippen LogP contribution in [0.5, 0.6) is 0 Å². The second-order valence-corrected chi connectivity index (χ2v) is 3.89. The molecular formula is C12H19FN2. The van der Waals surface area contributed by atoms with Crippen LogP contribution in [-0.2, 0) is 0 Å². The molecule has 1 aromatic rings. The Kier molecular flexibility index (Phi) is 4.72. The fourth-order valence-electron chi connectivity index (χ4n) is 1.67. The molecule has 3 heteroatoms. The summed E-state index contributed by atoms with van der Waals surface area (Å²) in [6.07, 6.45) is 2.83. The molecule has 0 aliphatic carbocycles. The van der Waals surface area contributed by atoms with E-state index in [1.165, 1.54) is 12.1 Å². The highest BCUT2D eigenvalue weighted by Crippen LogP contribution is 2.21. The van der Waals surface area contributed by atoms with Crippen LogP contribution in [-0.4, -0.2) is 6.54 Å². The first-order valence-corrected chi connectivity index (χ1v) is 5.37. The molecule has 0 aromatic heterocycles. The number of hydrogen-bond donors (Lipinski definition) is 2. The standard InChI is InChI=1S/C12H19FN2/c1-9-5-6-10(13)8-11(9)12(15)4-2-3-7-14/h5-6,8,12H,2-4,7,14-15H2,1H3/t12-/m1/s1. The van der Waals surface area contributed by atoms with Crippen molar-refractivity contribution in [3.8, 4) is 0 Å². The molecule has 0 spiro atoms. The van der Waals surface area contributed by atoms with E-state index in [0.717, 1.165) is 30.4 Å². The van der Waals surface area contributed by atoms with Crippen molar-refractivity contribution in [2.24, 2.45) is 11.5 Å². The summed E-state index contributed by atoms with van der Waals surface area (Å²) in [5.41, 5.74) is 13.4. The summed E-state index contributed by atoms with van der Waals surface area (Å²) in [4.78, 5) is 0. The Morgan fingerprint density at radius 2 is 2.07 bits per heavy atom. The minimum absolute atomic E-state index is 0.0766. The van der Waals surface area contributed by atoms with E-state index < -0.39 is 0 Å². The maximum Gasteiger partial charge on any atom is 0.123 e. The van der Waals surface area contributed by atoms with Crippen LogP contribution in [0.15, 0.2) is 18.2 Å². The highest BCUT2D eigenvalue weighted by molar-refractivity contribution is 5.29. The van der Waals surface area contributed by atoms with Crippen molar-refractivity contribution in [3.05, 3.63) is 35.1 Å². The van der Waals surface area contributed by atoms with E-state index in [-0.39, 0.29) is 11.9 Å². The lowest BCUT2D eigenvalue weighted by molar-refractivity contribution is 0.577. The average molecular weight is 210 g/mol. The average Bonchev–Trinajstić information content (AvgIpc) is 2.22. The van der Waals surface area contributed by atoms with Crippen LogP contribution >= 0.6 is 0 Å². The van der Waals surface area contributed by atoms with E-state index in [1.54, 1.807) is 6.07 Å². The van der Waals surface area contributed by atoms with Crippen molar-refractivity contribution in [1.82, 2.24) is 0 Å². The molecule has 0 saturated heterocycles. The highest BCUT2D eigenvalue weighted by Gasteiger charge is 2.09. The lowest BCUT2D eigenvalue weighted by atomic mass is 9.97. The molecule has 1 atom stereocenters. The molecule has 0 fully saturated rings. The number of aryl methyl sites for hydroxylation is 1. The van der Waals surface area contributed by atoms with Gasteiger partial charge in [-0.15, -0.1) is 0 Å². The summed E-state index contributed by atoms with van der Waals surface area (Å²) in [6, 6.07) is 4.69. The number of halogens is 1. The SMILES string of the molecule is Cc1ccc(F)cc1[C@H](N)CCCCN. The first-order valence-electron chi connectivity index (χ1n) is 5.37. The number of rotatable bonds is 5. The van der Waals surface area contributed by atoms with Gasteiger partial charge in [-0.3, -0.25) is 0 Å². The molecule has 1 rings (SSSR count). The van der Waals surface area contributed by atoms with E-state index in [0.29, 0.717) is 6.54 Å². The number of hydrogen-bond acceptors (Lipinski definition) is 2. The predicted molar refractivity (Wildman–Crippen MR) is 61.0 cm³/mol. The van der Waals surface area contributed by atoms with Gasteiger partial charge in [-0.05, 0) is 49.6 Å². The number of nitrogens with two attached hydrogens (primary N) is 2. The summed E-state index contributed by atoms with van der Waals surface area (Å²) >= 11 is 0. The van der Waals surface area contributed by atoms with Gasteiger partial charge in [-0.2, -0.15) is 0 Å². The van der Waals surface area contributed by atoms with Crippen molar-refractivity contribution in [2.45, 2.75) is 32.2 Å². The van der Waals surface area contributed by atoms with Crippen molar-refractivity contribution in [1.29, 1.82) is 0 Å². The Hall–Kier alpha value is -0.930. The molecule has 0 unspecified atom stereocenters. The van der Waals surface area contributed by atoms with Gasteiger partial charge in [0.05, 0.1) is 0 Å². The quantitative estimate of drug-likeness (QED) is 0.732. The van der Waals surface area contributed by atoms with Crippen LogP contribution in [0.4, 0.5) is 4.39 Å². The number of benzene rings is 1. The summed E-state index contributed by atoms with van der Waals surface area (Å²) in [7, 11) is 0. The van der Waals surface area contributed by atoms with Gasteiger partial charge in [0.15, 0.2) is 0 Å². The van der Waals surface area contributed by atoms with Crippen molar-refractivity contribution in [3.63, 3.8) is 0 Å². The zero-order valence-electron chi connectivity index (χ0n) is 9.17. The Labute approximate surface area is 90.5 Å². The van der Waals surface area contributed by atoms with E-state index >= 15 is 0 Å². The minimum atomic E-state index is -0.218. The van der Waals surface area contributed by atoms with E-state index in [1.807, 2.05) is 6.92 Å². The fourth-order valence-corrected chi connectivity index (χ4v) is 1.67. The van der Waals surface area contributed by atoms with E-state index in [2.05, 4.69) is 0 Å². The minimum Gasteiger partial charge on any atom is -0.330 e. The maximum atomic E-state index is 13.0. The van der Waals surface area contributed by atoms with Gasteiger partial charge in [0.25, 0.3) is 0 Å². The van der Waals surface area contributed by atoms with Gasteiger partial charge >= 0.3 is 0 Å². The molecule has 4 N–H and O–H groups in total. The Bertz CT molecular complexity index is 312. The zero-order valence-corrected chi connectivity index (χ0v) is 9.17.